The minimum Gasteiger partial charge on any atom is -1.00 e. The lowest BCUT2D eigenvalue weighted by atomic mass is 10.1. The van der Waals surface area contributed by atoms with Crippen LogP contribution in [0.3, 0.4) is 0 Å². The van der Waals surface area contributed by atoms with Gasteiger partial charge in [0.05, 0.1) is 25.2 Å². The number of hydrogen-bond acceptors (Lipinski definition) is 4. The van der Waals surface area contributed by atoms with E-state index < -0.39 is 0 Å². The van der Waals surface area contributed by atoms with Crippen LogP contribution in [0.15, 0.2) is 73.8 Å². The first kappa shape index (κ1) is 32.6. The Labute approximate surface area is 268 Å². The van der Waals surface area contributed by atoms with E-state index in [1.54, 1.807) is 0 Å². The standard InChI is InChI=1S/C33H46N8.2ClH/c1-26-20-28(8-10-32(26)34)40-14-3-6-30(40)22-38-18-16-36(24-38)12-5-13-37-17-19-39(25-37)23-31-7-4-15-41(31)29-9-11-33(35)27(2)21-29;;/h8-11,16-21,24-25,30-31H,3-7,12-15,22-23,34-35H2,1-2H3;2*1H/q+2;;/p-2. The Kier molecular flexibility index (Phi) is 10.9. The van der Waals surface area contributed by atoms with E-state index in [2.05, 4.69) is 104 Å². The summed E-state index contributed by atoms with van der Waals surface area (Å²) in [6.07, 6.45) is 19.5. The summed E-state index contributed by atoms with van der Waals surface area (Å²) in [6, 6.07) is 13.9. The Morgan fingerprint density at radius 2 is 1.14 bits per heavy atom. The number of aromatic nitrogens is 4. The normalized spacial score (nSPS) is 18.1. The number of nitrogen functional groups attached to an aromatic ring is 2. The van der Waals surface area contributed by atoms with Gasteiger partial charge in [-0.3, -0.25) is 0 Å². The van der Waals surface area contributed by atoms with Crippen molar-refractivity contribution in [1.29, 1.82) is 0 Å². The van der Waals surface area contributed by atoms with Gasteiger partial charge in [-0.05, 0) is 87.1 Å². The van der Waals surface area contributed by atoms with Crippen molar-refractivity contribution in [3.63, 3.8) is 0 Å². The lowest BCUT2D eigenvalue weighted by Gasteiger charge is -2.26. The number of aryl methyl sites for hydroxylation is 4. The molecule has 4 aromatic rings. The van der Waals surface area contributed by atoms with Gasteiger partial charge >= 0.3 is 0 Å². The molecule has 2 atom stereocenters. The van der Waals surface area contributed by atoms with Gasteiger partial charge in [0.1, 0.15) is 37.9 Å². The smallest absolute Gasteiger partial charge is 0.243 e. The minimum absolute atomic E-state index is 0. The zero-order chi connectivity index (χ0) is 28.3. The van der Waals surface area contributed by atoms with Crippen LogP contribution >= 0.6 is 0 Å². The highest BCUT2D eigenvalue weighted by molar-refractivity contribution is 5.59. The second kappa shape index (κ2) is 14.4. The first-order chi connectivity index (χ1) is 19.9. The van der Waals surface area contributed by atoms with Crippen molar-refractivity contribution in [2.75, 3.05) is 34.4 Å². The van der Waals surface area contributed by atoms with Crippen LogP contribution in [0.25, 0.3) is 0 Å². The molecule has 43 heavy (non-hydrogen) atoms. The molecule has 6 rings (SSSR count). The highest BCUT2D eigenvalue weighted by Crippen LogP contribution is 2.29. The molecule has 2 saturated heterocycles. The predicted molar refractivity (Wildman–Crippen MR) is 166 cm³/mol. The monoisotopic (exact) mass is 624 g/mol. The summed E-state index contributed by atoms with van der Waals surface area (Å²) in [5, 5.41) is 0. The van der Waals surface area contributed by atoms with Crippen molar-refractivity contribution in [2.45, 2.75) is 84.2 Å². The van der Waals surface area contributed by atoms with Crippen molar-refractivity contribution in [2.24, 2.45) is 0 Å². The lowest BCUT2D eigenvalue weighted by molar-refractivity contribution is -0.698. The van der Waals surface area contributed by atoms with E-state index >= 15 is 0 Å². The zero-order valence-electron chi connectivity index (χ0n) is 25.5. The maximum Gasteiger partial charge on any atom is 0.243 e. The Balaban J connectivity index is 0.00000212. The number of hydrogen-bond donors (Lipinski definition) is 2. The van der Waals surface area contributed by atoms with Crippen molar-refractivity contribution < 1.29 is 33.9 Å². The fourth-order valence-corrected chi connectivity index (χ4v) is 6.69. The average Bonchev–Trinajstić information content (AvgIpc) is 3.77. The third kappa shape index (κ3) is 7.60. The average molecular weight is 626 g/mol. The quantitative estimate of drug-likeness (QED) is 0.159. The molecule has 0 radical (unpaired) electrons. The second-order valence-electron chi connectivity index (χ2n) is 12.1. The highest BCUT2D eigenvalue weighted by Gasteiger charge is 2.28. The summed E-state index contributed by atoms with van der Waals surface area (Å²) in [4.78, 5) is 5.11. The lowest BCUT2D eigenvalue weighted by Crippen LogP contribution is -3.00. The molecule has 0 bridgehead atoms. The van der Waals surface area contributed by atoms with Gasteiger partial charge in [-0.2, -0.15) is 0 Å². The van der Waals surface area contributed by atoms with Gasteiger partial charge in [0, 0.05) is 42.3 Å². The molecule has 232 valence electrons. The van der Waals surface area contributed by atoms with Gasteiger partial charge in [-0.15, -0.1) is 0 Å². The zero-order valence-corrected chi connectivity index (χ0v) is 27.0. The van der Waals surface area contributed by atoms with E-state index in [-0.39, 0.29) is 24.8 Å². The largest absolute Gasteiger partial charge is 1.00 e. The summed E-state index contributed by atoms with van der Waals surface area (Å²) in [7, 11) is 0. The molecule has 0 saturated carbocycles. The predicted octanol–water partition coefficient (Wildman–Crippen LogP) is -1.92. The first-order valence-electron chi connectivity index (χ1n) is 15.3. The van der Waals surface area contributed by atoms with Gasteiger partial charge in [0.15, 0.2) is 0 Å². The van der Waals surface area contributed by atoms with Crippen molar-refractivity contribution >= 4 is 22.7 Å². The maximum atomic E-state index is 6.06. The van der Waals surface area contributed by atoms with Crippen LogP contribution in [0.5, 0.6) is 0 Å². The van der Waals surface area contributed by atoms with E-state index in [1.165, 1.54) is 37.1 Å². The van der Waals surface area contributed by atoms with Crippen LogP contribution in [-0.2, 0) is 26.2 Å². The Morgan fingerprint density at radius 3 is 1.56 bits per heavy atom. The Bertz CT molecular complexity index is 1370. The van der Waals surface area contributed by atoms with Crippen molar-refractivity contribution in [1.82, 2.24) is 9.13 Å². The first-order valence-corrected chi connectivity index (χ1v) is 15.3. The van der Waals surface area contributed by atoms with Gasteiger partial charge < -0.3 is 46.1 Å². The summed E-state index contributed by atoms with van der Waals surface area (Å²) < 4.78 is 9.36. The molecule has 2 aliphatic rings. The summed E-state index contributed by atoms with van der Waals surface area (Å²) >= 11 is 0. The molecule has 4 heterocycles. The molecule has 2 aromatic heterocycles. The van der Waals surface area contributed by atoms with Gasteiger partial charge in [0.25, 0.3) is 0 Å². The molecule has 10 heteroatoms. The van der Waals surface area contributed by atoms with Gasteiger partial charge in [0.2, 0.25) is 12.7 Å². The van der Waals surface area contributed by atoms with Gasteiger partial charge in [-0.25, -0.2) is 18.3 Å². The summed E-state index contributed by atoms with van der Waals surface area (Å²) in [5.41, 5.74) is 18.8. The van der Waals surface area contributed by atoms with Crippen LogP contribution in [0.4, 0.5) is 22.7 Å². The molecular formula is C33H46Cl2N8. The number of anilines is 4. The van der Waals surface area contributed by atoms with Crippen LogP contribution in [0, 0.1) is 13.8 Å². The number of halogens is 2. The van der Waals surface area contributed by atoms with Crippen LogP contribution in [0.2, 0.25) is 0 Å². The molecule has 0 amide bonds. The van der Waals surface area contributed by atoms with Gasteiger partial charge in [-0.1, -0.05) is 0 Å². The van der Waals surface area contributed by atoms with Crippen molar-refractivity contribution in [3.05, 3.63) is 85.0 Å². The molecule has 2 aliphatic heterocycles. The van der Waals surface area contributed by atoms with E-state index in [0.29, 0.717) is 12.1 Å². The molecule has 2 aromatic carbocycles. The Hall–Kier alpha value is -3.36. The van der Waals surface area contributed by atoms with Crippen LogP contribution in [0.1, 0.15) is 43.2 Å². The third-order valence-corrected chi connectivity index (χ3v) is 9.09. The Morgan fingerprint density at radius 1 is 0.698 bits per heavy atom. The molecular weight excluding hydrogens is 579 g/mol. The van der Waals surface area contributed by atoms with E-state index in [0.717, 1.165) is 68.2 Å². The van der Waals surface area contributed by atoms with Crippen LogP contribution in [-0.4, -0.2) is 34.3 Å². The topological polar surface area (TPSA) is 76.1 Å². The molecule has 2 unspecified atom stereocenters. The number of nitrogens with zero attached hydrogens (tertiary/aromatic N) is 6. The van der Waals surface area contributed by atoms with E-state index in [1.807, 2.05) is 12.1 Å². The highest BCUT2D eigenvalue weighted by atomic mass is 35.5. The number of benzene rings is 2. The fourth-order valence-electron chi connectivity index (χ4n) is 6.69. The third-order valence-electron chi connectivity index (χ3n) is 9.09. The SMILES string of the molecule is Cc1cc(N2CCCC2C[n+]2ccn(CCCn3cc[n+](CC4CCCN4c4ccc(N)c(C)c4)c3)c2)ccc1N.[Cl-].[Cl-]. The summed E-state index contributed by atoms with van der Waals surface area (Å²) in [6.45, 7) is 10.5. The maximum absolute atomic E-state index is 6.06. The minimum atomic E-state index is 0. The molecule has 2 fully saturated rings. The molecule has 4 N–H and O–H groups in total. The molecule has 0 spiro atoms. The molecule has 0 aliphatic carbocycles. The molecule has 8 nitrogen and oxygen atoms in total. The van der Waals surface area contributed by atoms with E-state index in [4.69, 9.17) is 11.5 Å². The second-order valence-corrected chi connectivity index (χ2v) is 12.1. The summed E-state index contributed by atoms with van der Waals surface area (Å²) in [5.74, 6) is 0. The van der Waals surface area contributed by atoms with Crippen molar-refractivity contribution in [3.8, 4) is 0 Å². The van der Waals surface area contributed by atoms with E-state index in [9.17, 15) is 0 Å². The number of imidazole rings is 2. The fraction of sp³-hybridized carbons (Fsp3) is 0.455. The number of nitrogens with two attached hydrogens (primary N) is 2. The van der Waals surface area contributed by atoms with Crippen LogP contribution < -0.4 is 55.2 Å². The number of rotatable bonds is 10.